The van der Waals surface area contributed by atoms with E-state index in [-0.39, 0.29) is 29.8 Å². The quantitative estimate of drug-likeness (QED) is 0.353. The molecule has 0 saturated carbocycles. The number of hydrogen-bond acceptors (Lipinski definition) is 2. The van der Waals surface area contributed by atoms with E-state index < -0.39 is 0 Å². The predicted octanol–water partition coefficient (Wildman–Crippen LogP) is 3.20. The Morgan fingerprint density at radius 2 is 2.20 bits per heavy atom. The number of rotatable bonds is 6. The fraction of sp³-hybridized carbons (Fsp3) is 0.500. The number of aromatic nitrogens is 1. The first-order valence-electron chi connectivity index (χ1n) is 8.58. The highest BCUT2D eigenvalue weighted by Crippen LogP contribution is 2.19. The fourth-order valence-electron chi connectivity index (χ4n) is 3.13. The zero-order chi connectivity index (χ0) is 16.8. The van der Waals surface area contributed by atoms with Crippen molar-refractivity contribution in [3.05, 3.63) is 35.8 Å². The lowest BCUT2D eigenvalue weighted by molar-refractivity contribution is 0.105. The summed E-state index contributed by atoms with van der Waals surface area (Å²) in [4.78, 5) is 7.36. The molecule has 0 aliphatic carbocycles. The highest BCUT2D eigenvalue weighted by atomic mass is 127. The molecule has 138 valence electrons. The van der Waals surface area contributed by atoms with Gasteiger partial charge in [-0.25, -0.2) is 4.39 Å². The summed E-state index contributed by atoms with van der Waals surface area (Å²) in [6.45, 7) is 2.52. The van der Waals surface area contributed by atoms with Gasteiger partial charge in [-0.15, -0.1) is 24.0 Å². The molecule has 2 aromatic rings. The lowest BCUT2D eigenvalue weighted by Gasteiger charge is -2.14. The van der Waals surface area contributed by atoms with Gasteiger partial charge in [0.2, 0.25) is 0 Å². The summed E-state index contributed by atoms with van der Waals surface area (Å²) in [6.07, 6.45) is 6.52. The van der Waals surface area contributed by atoms with Crippen molar-refractivity contribution < 1.29 is 9.13 Å². The largest absolute Gasteiger partial charge is 0.378 e. The van der Waals surface area contributed by atoms with Crippen molar-refractivity contribution in [1.29, 1.82) is 0 Å². The van der Waals surface area contributed by atoms with Crippen LogP contribution in [-0.2, 0) is 11.2 Å². The summed E-state index contributed by atoms with van der Waals surface area (Å²) in [5, 5.41) is 7.71. The monoisotopic (exact) mass is 460 g/mol. The SMILES string of the molecule is CN=C(NCCc1c[nH]c2cc(F)ccc12)NCCC1CCCO1.I. The van der Waals surface area contributed by atoms with Crippen LogP contribution in [0.4, 0.5) is 4.39 Å². The van der Waals surface area contributed by atoms with E-state index >= 15 is 0 Å². The van der Waals surface area contributed by atoms with Gasteiger partial charge in [0, 0.05) is 43.8 Å². The van der Waals surface area contributed by atoms with Gasteiger partial charge in [0.05, 0.1) is 6.10 Å². The van der Waals surface area contributed by atoms with Crippen LogP contribution in [0.3, 0.4) is 0 Å². The van der Waals surface area contributed by atoms with Crippen molar-refractivity contribution in [3.63, 3.8) is 0 Å². The summed E-state index contributed by atoms with van der Waals surface area (Å²) in [5.74, 6) is 0.587. The van der Waals surface area contributed by atoms with Crippen LogP contribution in [0.5, 0.6) is 0 Å². The number of ether oxygens (including phenoxy) is 1. The Balaban J connectivity index is 0.00000225. The molecule has 1 unspecified atom stereocenters. The Hall–Kier alpha value is -1.35. The van der Waals surface area contributed by atoms with E-state index in [4.69, 9.17) is 4.74 Å². The Bertz CT molecular complexity index is 697. The van der Waals surface area contributed by atoms with Crippen LogP contribution in [0.25, 0.3) is 10.9 Å². The molecule has 0 radical (unpaired) electrons. The van der Waals surface area contributed by atoms with Gasteiger partial charge < -0.3 is 20.4 Å². The van der Waals surface area contributed by atoms with Gasteiger partial charge in [-0.1, -0.05) is 0 Å². The van der Waals surface area contributed by atoms with Crippen LogP contribution in [-0.4, -0.2) is 43.8 Å². The van der Waals surface area contributed by atoms with Crippen LogP contribution < -0.4 is 10.6 Å². The zero-order valence-corrected chi connectivity index (χ0v) is 16.8. The van der Waals surface area contributed by atoms with E-state index in [0.29, 0.717) is 6.10 Å². The van der Waals surface area contributed by atoms with Crippen molar-refractivity contribution in [2.24, 2.45) is 4.99 Å². The van der Waals surface area contributed by atoms with Gasteiger partial charge >= 0.3 is 0 Å². The molecule has 1 saturated heterocycles. The molecule has 1 aliphatic heterocycles. The van der Waals surface area contributed by atoms with Gasteiger partial charge in [0.15, 0.2) is 5.96 Å². The number of halogens is 2. The van der Waals surface area contributed by atoms with Gasteiger partial charge in [0.25, 0.3) is 0 Å². The molecule has 1 aromatic carbocycles. The molecule has 25 heavy (non-hydrogen) atoms. The minimum absolute atomic E-state index is 0. The van der Waals surface area contributed by atoms with E-state index in [1.807, 2.05) is 12.3 Å². The zero-order valence-electron chi connectivity index (χ0n) is 14.5. The summed E-state index contributed by atoms with van der Waals surface area (Å²) in [5.41, 5.74) is 2.01. The van der Waals surface area contributed by atoms with Crippen LogP contribution in [0.2, 0.25) is 0 Å². The lowest BCUT2D eigenvalue weighted by atomic mass is 10.1. The van der Waals surface area contributed by atoms with Crippen molar-refractivity contribution in [3.8, 4) is 0 Å². The number of hydrogen-bond donors (Lipinski definition) is 3. The Morgan fingerprint density at radius 3 is 2.96 bits per heavy atom. The lowest BCUT2D eigenvalue weighted by Crippen LogP contribution is -2.39. The average molecular weight is 460 g/mol. The maximum Gasteiger partial charge on any atom is 0.190 e. The molecular formula is C18H26FIN4O. The Labute approximate surface area is 164 Å². The van der Waals surface area contributed by atoms with E-state index in [1.165, 1.54) is 24.1 Å². The molecule has 0 amide bonds. The molecule has 1 aromatic heterocycles. The molecule has 7 heteroatoms. The molecule has 0 spiro atoms. The van der Waals surface area contributed by atoms with Gasteiger partial charge in [-0.05, 0) is 49.4 Å². The van der Waals surface area contributed by atoms with Crippen molar-refractivity contribution in [2.45, 2.75) is 31.8 Å². The molecule has 2 heterocycles. The van der Waals surface area contributed by atoms with Crippen molar-refractivity contribution in [2.75, 3.05) is 26.7 Å². The second-order valence-corrected chi connectivity index (χ2v) is 6.10. The third kappa shape index (κ3) is 5.57. The molecule has 0 bridgehead atoms. The van der Waals surface area contributed by atoms with Crippen LogP contribution in [0.1, 0.15) is 24.8 Å². The third-order valence-electron chi connectivity index (χ3n) is 4.42. The summed E-state index contributed by atoms with van der Waals surface area (Å²) < 4.78 is 18.8. The first-order valence-corrected chi connectivity index (χ1v) is 8.58. The second-order valence-electron chi connectivity index (χ2n) is 6.10. The number of H-pyrrole nitrogens is 1. The second kappa shape index (κ2) is 9.96. The minimum atomic E-state index is -0.218. The maximum atomic E-state index is 13.2. The average Bonchev–Trinajstić information content (AvgIpc) is 3.23. The molecule has 5 nitrogen and oxygen atoms in total. The minimum Gasteiger partial charge on any atom is -0.378 e. The summed E-state index contributed by atoms with van der Waals surface area (Å²) in [7, 11) is 1.77. The number of guanidine groups is 1. The molecule has 1 atom stereocenters. The van der Waals surface area contributed by atoms with E-state index in [2.05, 4.69) is 20.6 Å². The number of nitrogens with one attached hydrogen (secondary N) is 3. The number of aromatic amines is 1. The van der Waals surface area contributed by atoms with Gasteiger partial charge in [-0.2, -0.15) is 0 Å². The fourth-order valence-corrected chi connectivity index (χ4v) is 3.13. The third-order valence-corrected chi connectivity index (χ3v) is 4.42. The summed E-state index contributed by atoms with van der Waals surface area (Å²) in [6, 6.07) is 4.85. The van der Waals surface area contributed by atoms with Crippen LogP contribution in [0.15, 0.2) is 29.4 Å². The van der Waals surface area contributed by atoms with Gasteiger partial charge in [-0.3, -0.25) is 4.99 Å². The van der Waals surface area contributed by atoms with E-state index in [1.54, 1.807) is 7.05 Å². The smallest absolute Gasteiger partial charge is 0.190 e. The van der Waals surface area contributed by atoms with E-state index in [0.717, 1.165) is 55.8 Å². The Kier molecular flexibility index (Phi) is 7.95. The predicted molar refractivity (Wildman–Crippen MR) is 110 cm³/mol. The first-order chi connectivity index (χ1) is 11.8. The van der Waals surface area contributed by atoms with Crippen LogP contribution in [0, 0.1) is 5.82 Å². The number of aliphatic imine (C=N–C) groups is 1. The number of fused-ring (bicyclic) bond motifs is 1. The molecule has 3 N–H and O–H groups in total. The van der Waals surface area contributed by atoms with Crippen LogP contribution >= 0.6 is 24.0 Å². The number of nitrogens with zero attached hydrogens (tertiary/aromatic N) is 1. The highest BCUT2D eigenvalue weighted by Gasteiger charge is 2.14. The molecular weight excluding hydrogens is 434 g/mol. The standard InChI is InChI=1S/C18H25FN4O.HI/c1-20-18(22-9-7-15-3-2-10-24-15)21-8-6-13-12-23-17-11-14(19)4-5-16(13)17;/h4-5,11-12,15,23H,2-3,6-10H2,1H3,(H2,20,21,22);1H. The molecule has 3 rings (SSSR count). The van der Waals surface area contributed by atoms with Crippen molar-refractivity contribution in [1.82, 2.24) is 15.6 Å². The molecule has 1 aliphatic rings. The summed E-state index contributed by atoms with van der Waals surface area (Å²) >= 11 is 0. The maximum absolute atomic E-state index is 13.2. The van der Waals surface area contributed by atoms with Gasteiger partial charge in [0.1, 0.15) is 5.82 Å². The normalized spacial score (nSPS) is 17.5. The van der Waals surface area contributed by atoms with Crippen molar-refractivity contribution >= 4 is 40.8 Å². The highest BCUT2D eigenvalue weighted by molar-refractivity contribution is 14.0. The molecule has 1 fully saturated rings. The topological polar surface area (TPSA) is 61.4 Å². The van der Waals surface area contributed by atoms with E-state index in [9.17, 15) is 4.39 Å². The first kappa shape index (κ1) is 20.0. The number of benzene rings is 1. The Morgan fingerprint density at radius 1 is 1.36 bits per heavy atom.